The van der Waals surface area contributed by atoms with Crippen molar-refractivity contribution in [2.45, 2.75) is 37.5 Å². The Morgan fingerprint density at radius 3 is 2.25 bits per heavy atom. The van der Waals surface area contributed by atoms with Crippen LogP contribution < -0.4 is 5.32 Å². The van der Waals surface area contributed by atoms with Crippen LogP contribution >= 0.6 is 0 Å². The number of piperidine rings is 1. The molecule has 0 spiro atoms. The number of ether oxygens (including phenoxy) is 3. The quantitative estimate of drug-likeness (QED) is 0.513. The van der Waals surface area contributed by atoms with Gasteiger partial charge in [-0.2, -0.15) is 0 Å². The number of anilines is 1. The normalized spacial score (nSPS) is 20.9. The van der Waals surface area contributed by atoms with Gasteiger partial charge < -0.3 is 24.4 Å². The molecule has 2 atom stereocenters. The van der Waals surface area contributed by atoms with E-state index in [1.54, 1.807) is 4.90 Å². The molecule has 1 N–H and O–H groups in total. The Morgan fingerprint density at radius 2 is 1.61 bits per heavy atom. The number of methoxy groups -OCH3 is 2. The summed E-state index contributed by atoms with van der Waals surface area (Å²) >= 11 is 0. The molecule has 0 aromatic heterocycles. The third kappa shape index (κ3) is 4.23. The topological polar surface area (TPSA) is 114 Å². The molecule has 2 fully saturated rings. The zero-order valence-electron chi connectivity index (χ0n) is 20.1. The number of hydrogen-bond acceptors (Lipinski definition) is 7. The lowest BCUT2D eigenvalue weighted by Gasteiger charge is -2.37. The molecule has 2 aromatic rings. The largest absolute Gasteiger partial charge is 0.465 e. The number of benzene rings is 2. The van der Waals surface area contributed by atoms with Gasteiger partial charge in [0.15, 0.2) is 0 Å². The van der Waals surface area contributed by atoms with Crippen LogP contribution in [-0.2, 0) is 20.6 Å². The summed E-state index contributed by atoms with van der Waals surface area (Å²) in [6.07, 6.45) is 1.50. The minimum atomic E-state index is -0.638. The first kappa shape index (κ1) is 23.7. The second kappa shape index (κ2) is 9.52. The molecular formula is C26H27N3O7. The molecule has 3 amide bonds. The van der Waals surface area contributed by atoms with E-state index in [0.29, 0.717) is 25.9 Å². The van der Waals surface area contributed by atoms with E-state index in [1.165, 1.54) is 38.0 Å². The van der Waals surface area contributed by atoms with Crippen LogP contribution in [-0.4, -0.2) is 73.3 Å². The Morgan fingerprint density at radius 1 is 0.972 bits per heavy atom. The zero-order chi connectivity index (χ0) is 25.4. The van der Waals surface area contributed by atoms with Crippen molar-refractivity contribution < 1.29 is 33.4 Å². The number of esters is 2. The summed E-state index contributed by atoms with van der Waals surface area (Å²) in [5.74, 6) is -1.28. The number of hydrogen-bond donors (Lipinski definition) is 1. The third-order valence-corrected chi connectivity index (χ3v) is 7.08. The SMILES string of the molecule is COC(=O)c1cc(NC(=O)N2CCC(N3C(=O)OC4Cc5ccccc5C43)CC2)cc(C(=O)OC)c1. The first-order valence-corrected chi connectivity index (χ1v) is 11.8. The van der Waals surface area contributed by atoms with Crippen molar-refractivity contribution in [2.75, 3.05) is 32.6 Å². The molecule has 10 nitrogen and oxygen atoms in total. The van der Waals surface area contributed by atoms with Gasteiger partial charge in [0.2, 0.25) is 0 Å². The molecule has 2 heterocycles. The third-order valence-electron chi connectivity index (χ3n) is 7.08. The summed E-state index contributed by atoms with van der Waals surface area (Å²) in [6, 6.07) is 11.9. The van der Waals surface area contributed by atoms with E-state index in [-0.39, 0.29) is 47.1 Å². The molecule has 3 aliphatic rings. The van der Waals surface area contributed by atoms with Crippen molar-refractivity contribution in [3.8, 4) is 0 Å². The van der Waals surface area contributed by atoms with Crippen molar-refractivity contribution in [1.82, 2.24) is 9.80 Å². The number of likely N-dealkylation sites (tertiary alicyclic amines) is 1. The molecule has 2 saturated heterocycles. The van der Waals surface area contributed by atoms with Gasteiger partial charge in [-0.25, -0.2) is 19.2 Å². The maximum atomic E-state index is 13.0. The Kier molecular flexibility index (Phi) is 6.26. The average Bonchev–Trinajstić information content (AvgIpc) is 3.41. The van der Waals surface area contributed by atoms with Crippen molar-refractivity contribution in [1.29, 1.82) is 0 Å². The maximum Gasteiger partial charge on any atom is 0.411 e. The monoisotopic (exact) mass is 493 g/mol. The maximum absolute atomic E-state index is 13.0. The predicted octanol–water partition coefficient (Wildman–Crippen LogP) is 3.37. The van der Waals surface area contributed by atoms with Crippen LogP contribution in [0.15, 0.2) is 42.5 Å². The van der Waals surface area contributed by atoms with Crippen molar-refractivity contribution in [3.63, 3.8) is 0 Å². The molecule has 2 aliphatic heterocycles. The molecule has 188 valence electrons. The van der Waals surface area contributed by atoms with Crippen molar-refractivity contribution in [3.05, 3.63) is 64.7 Å². The van der Waals surface area contributed by atoms with E-state index in [1.807, 2.05) is 17.0 Å². The summed E-state index contributed by atoms with van der Waals surface area (Å²) in [5, 5.41) is 2.76. The van der Waals surface area contributed by atoms with Gasteiger partial charge in [-0.1, -0.05) is 24.3 Å². The lowest BCUT2D eigenvalue weighted by molar-refractivity contribution is 0.0599. The van der Waals surface area contributed by atoms with Crippen LogP contribution in [0.3, 0.4) is 0 Å². The fraction of sp³-hybridized carbons (Fsp3) is 0.385. The van der Waals surface area contributed by atoms with Crippen LogP contribution in [0.25, 0.3) is 0 Å². The molecule has 2 unspecified atom stereocenters. The van der Waals surface area contributed by atoms with E-state index < -0.39 is 11.9 Å². The number of rotatable bonds is 4. The lowest BCUT2D eigenvalue weighted by atomic mass is 9.99. The van der Waals surface area contributed by atoms with Crippen molar-refractivity contribution in [2.24, 2.45) is 0 Å². The van der Waals surface area contributed by atoms with Crippen molar-refractivity contribution >= 4 is 29.8 Å². The van der Waals surface area contributed by atoms with Gasteiger partial charge in [0.05, 0.1) is 31.4 Å². The van der Waals surface area contributed by atoms with Crippen LogP contribution in [0.1, 0.15) is 50.7 Å². The number of urea groups is 1. The van der Waals surface area contributed by atoms with E-state index in [0.717, 1.165) is 12.0 Å². The van der Waals surface area contributed by atoms with E-state index in [2.05, 4.69) is 17.4 Å². The summed E-state index contributed by atoms with van der Waals surface area (Å²) in [6.45, 7) is 0.889. The Labute approximate surface area is 208 Å². The minimum Gasteiger partial charge on any atom is -0.465 e. The van der Waals surface area contributed by atoms with Crippen LogP contribution in [0, 0.1) is 0 Å². The number of fused-ring (bicyclic) bond motifs is 3. The predicted molar refractivity (Wildman–Crippen MR) is 128 cm³/mol. The number of nitrogens with zero attached hydrogens (tertiary/aromatic N) is 2. The number of amides is 3. The number of carbonyl (C=O) groups is 4. The molecule has 0 radical (unpaired) electrons. The second-order valence-corrected chi connectivity index (χ2v) is 9.11. The van der Waals surface area contributed by atoms with Gasteiger partial charge >= 0.3 is 24.1 Å². The Bertz CT molecular complexity index is 1190. The fourth-order valence-corrected chi connectivity index (χ4v) is 5.37. The van der Waals surface area contributed by atoms with Crippen LogP contribution in [0.5, 0.6) is 0 Å². The van der Waals surface area contributed by atoms with Gasteiger partial charge in [0, 0.05) is 31.2 Å². The standard InChI is InChI=1S/C26H27N3O7/c1-34-23(30)16-11-17(24(31)35-2)13-18(12-16)27-25(32)28-9-7-19(8-10-28)29-22-20-6-4-3-5-15(20)14-21(22)36-26(29)33/h3-6,11-13,19,21-22H,7-10,14H2,1-2H3,(H,27,32). The summed E-state index contributed by atoms with van der Waals surface area (Å²) in [4.78, 5) is 53.2. The highest BCUT2D eigenvalue weighted by Crippen LogP contribution is 2.44. The molecule has 5 rings (SSSR count). The summed E-state index contributed by atoms with van der Waals surface area (Å²) in [7, 11) is 2.47. The van der Waals surface area contributed by atoms with Gasteiger partial charge in [0.1, 0.15) is 6.10 Å². The van der Waals surface area contributed by atoms with Crippen LogP contribution in [0.2, 0.25) is 0 Å². The highest BCUT2D eigenvalue weighted by atomic mass is 16.6. The highest BCUT2D eigenvalue weighted by molar-refractivity contribution is 5.99. The number of nitrogens with one attached hydrogen (secondary N) is 1. The molecular weight excluding hydrogens is 466 g/mol. The molecule has 0 bridgehead atoms. The molecule has 2 aromatic carbocycles. The molecule has 36 heavy (non-hydrogen) atoms. The van der Waals surface area contributed by atoms with E-state index in [4.69, 9.17) is 14.2 Å². The molecule has 1 aliphatic carbocycles. The second-order valence-electron chi connectivity index (χ2n) is 9.11. The van der Waals surface area contributed by atoms with E-state index >= 15 is 0 Å². The smallest absolute Gasteiger partial charge is 0.411 e. The number of carbonyl (C=O) groups excluding carboxylic acids is 4. The molecule has 0 saturated carbocycles. The average molecular weight is 494 g/mol. The van der Waals surface area contributed by atoms with Crippen LogP contribution in [0.4, 0.5) is 15.3 Å². The van der Waals surface area contributed by atoms with E-state index in [9.17, 15) is 19.2 Å². The Hall–Kier alpha value is -4.08. The zero-order valence-corrected chi connectivity index (χ0v) is 20.1. The summed E-state index contributed by atoms with van der Waals surface area (Å²) in [5.41, 5.74) is 2.86. The first-order chi connectivity index (χ1) is 17.4. The van der Waals surface area contributed by atoms with Gasteiger partial charge in [-0.05, 0) is 42.2 Å². The molecule has 10 heteroatoms. The Balaban J connectivity index is 1.26. The highest BCUT2D eigenvalue weighted by Gasteiger charge is 2.50. The fourth-order valence-electron chi connectivity index (χ4n) is 5.37. The van der Waals surface area contributed by atoms with Gasteiger partial charge in [-0.3, -0.25) is 4.90 Å². The van der Waals surface area contributed by atoms with Gasteiger partial charge in [0.25, 0.3) is 0 Å². The minimum absolute atomic E-state index is 0.0312. The first-order valence-electron chi connectivity index (χ1n) is 11.8. The summed E-state index contributed by atoms with van der Waals surface area (Å²) < 4.78 is 15.2. The lowest BCUT2D eigenvalue weighted by Crippen LogP contribution is -2.48. The van der Waals surface area contributed by atoms with Gasteiger partial charge in [-0.15, -0.1) is 0 Å².